The lowest BCUT2D eigenvalue weighted by Gasteiger charge is -2.13. The molecule has 0 aliphatic carbocycles. The smallest absolute Gasteiger partial charge is 0.271 e. The van der Waals surface area contributed by atoms with Crippen molar-refractivity contribution < 1.29 is 14.6 Å². The van der Waals surface area contributed by atoms with Gasteiger partial charge >= 0.3 is 0 Å². The summed E-state index contributed by atoms with van der Waals surface area (Å²) in [5.74, 6) is 0.304. The second-order valence-corrected chi connectivity index (χ2v) is 5.54. The average Bonchev–Trinajstić information content (AvgIpc) is 2.95. The van der Waals surface area contributed by atoms with E-state index >= 15 is 0 Å². The molecule has 2 N–H and O–H groups in total. The minimum Gasteiger partial charge on any atom is -0.497 e. The fourth-order valence-corrected chi connectivity index (χ4v) is 2.65. The summed E-state index contributed by atoms with van der Waals surface area (Å²) in [6.45, 7) is 0.0571. The van der Waals surface area contributed by atoms with E-state index in [0.717, 1.165) is 0 Å². The van der Waals surface area contributed by atoms with Crippen molar-refractivity contribution in [3.8, 4) is 5.75 Å². The van der Waals surface area contributed by atoms with Crippen LogP contribution in [0.1, 0.15) is 22.2 Å². The van der Waals surface area contributed by atoms with Gasteiger partial charge in [0.15, 0.2) is 10.8 Å². The van der Waals surface area contributed by atoms with E-state index in [-0.39, 0.29) is 17.4 Å². The van der Waals surface area contributed by atoms with Gasteiger partial charge in [-0.3, -0.25) is 9.20 Å². The number of halogens is 1. The number of nitrogens with one attached hydrogen (secondary N) is 1. The van der Waals surface area contributed by atoms with Crippen molar-refractivity contribution in [3.63, 3.8) is 0 Å². The molecule has 0 bridgehead atoms. The molecule has 1 atom stereocenters. The third-order valence-electron chi connectivity index (χ3n) is 3.66. The van der Waals surface area contributed by atoms with Crippen molar-refractivity contribution >= 4 is 23.2 Å². The van der Waals surface area contributed by atoms with Crippen LogP contribution in [0.3, 0.4) is 0 Å². The largest absolute Gasteiger partial charge is 0.497 e. The SMILES string of the molecule is COc1ccc(C(O)CNC(=O)c2c(Cl)nc3ccccn23)cc1. The van der Waals surface area contributed by atoms with Crippen LogP contribution in [-0.4, -0.2) is 34.1 Å². The van der Waals surface area contributed by atoms with Crippen LogP contribution in [0.2, 0.25) is 5.15 Å². The number of carbonyl (C=O) groups excluding carboxylic acids is 1. The molecule has 0 aliphatic rings. The number of methoxy groups -OCH3 is 1. The van der Waals surface area contributed by atoms with Gasteiger partial charge < -0.3 is 15.2 Å². The maximum absolute atomic E-state index is 12.4. The maximum Gasteiger partial charge on any atom is 0.271 e. The van der Waals surface area contributed by atoms with Crippen molar-refractivity contribution in [3.05, 3.63) is 65.1 Å². The zero-order valence-corrected chi connectivity index (χ0v) is 13.7. The Kier molecular flexibility index (Phi) is 4.69. The monoisotopic (exact) mass is 345 g/mol. The summed E-state index contributed by atoms with van der Waals surface area (Å²) in [5.41, 5.74) is 1.51. The fraction of sp³-hybridized carbons (Fsp3) is 0.176. The number of amides is 1. The molecule has 0 fully saturated rings. The van der Waals surface area contributed by atoms with Gasteiger partial charge in [-0.2, -0.15) is 0 Å². The Morgan fingerprint density at radius 3 is 2.79 bits per heavy atom. The Hall–Kier alpha value is -2.57. The highest BCUT2D eigenvalue weighted by Crippen LogP contribution is 2.19. The van der Waals surface area contributed by atoms with E-state index in [1.807, 2.05) is 6.07 Å². The zero-order chi connectivity index (χ0) is 17.1. The topological polar surface area (TPSA) is 75.9 Å². The van der Waals surface area contributed by atoms with E-state index in [4.69, 9.17) is 16.3 Å². The lowest BCUT2D eigenvalue weighted by Crippen LogP contribution is -2.29. The van der Waals surface area contributed by atoms with Gasteiger partial charge in [-0.05, 0) is 29.8 Å². The van der Waals surface area contributed by atoms with Gasteiger partial charge in [0.1, 0.15) is 11.4 Å². The standard InChI is InChI=1S/C17H16ClN3O3/c1-24-12-7-5-11(6-8-12)13(22)10-19-17(23)15-16(18)20-14-4-2-3-9-21(14)15/h2-9,13,22H,10H2,1H3,(H,19,23). The number of imidazole rings is 1. The Balaban J connectivity index is 1.71. The van der Waals surface area contributed by atoms with Crippen LogP contribution in [0.25, 0.3) is 5.65 Å². The van der Waals surface area contributed by atoms with Crippen LogP contribution in [0.5, 0.6) is 5.75 Å². The first-order valence-electron chi connectivity index (χ1n) is 7.33. The van der Waals surface area contributed by atoms with Crippen molar-refractivity contribution in [2.45, 2.75) is 6.10 Å². The maximum atomic E-state index is 12.4. The molecule has 0 saturated heterocycles. The Morgan fingerprint density at radius 2 is 2.08 bits per heavy atom. The summed E-state index contributed by atoms with van der Waals surface area (Å²) < 4.78 is 6.68. The van der Waals surface area contributed by atoms with E-state index in [0.29, 0.717) is 17.0 Å². The van der Waals surface area contributed by atoms with Crippen LogP contribution >= 0.6 is 11.6 Å². The first-order valence-corrected chi connectivity index (χ1v) is 7.70. The van der Waals surface area contributed by atoms with E-state index in [9.17, 15) is 9.90 Å². The van der Waals surface area contributed by atoms with Crippen molar-refractivity contribution in [2.75, 3.05) is 13.7 Å². The first kappa shape index (κ1) is 16.3. The molecule has 0 aliphatic heterocycles. The minimum absolute atomic E-state index is 0.0571. The van der Waals surface area contributed by atoms with Gasteiger partial charge in [-0.25, -0.2) is 4.98 Å². The molecule has 0 saturated carbocycles. The van der Waals surface area contributed by atoms with E-state index in [1.54, 1.807) is 54.1 Å². The molecule has 7 heteroatoms. The van der Waals surface area contributed by atoms with Crippen molar-refractivity contribution in [1.82, 2.24) is 14.7 Å². The predicted octanol–water partition coefficient (Wildman–Crippen LogP) is 2.46. The minimum atomic E-state index is -0.835. The second-order valence-electron chi connectivity index (χ2n) is 5.18. The van der Waals surface area contributed by atoms with Gasteiger partial charge in [0.2, 0.25) is 0 Å². The Labute approximate surface area is 143 Å². The van der Waals surface area contributed by atoms with Crippen molar-refractivity contribution in [2.24, 2.45) is 0 Å². The van der Waals surface area contributed by atoms with Gasteiger partial charge in [0.25, 0.3) is 5.91 Å². The summed E-state index contributed by atoms with van der Waals surface area (Å²) in [6, 6.07) is 12.4. The number of pyridine rings is 1. The molecule has 1 amide bonds. The summed E-state index contributed by atoms with van der Waals surface area (Å²) in [5, 5.41) is 13.0. The summed E-state index contributed by atoms with van der Waals surface area (Å²) in [4.78, 5) is 16.5. The highest BCUT2D eigenvalue weighted by Gasteiger charge is 2.18. The van der Waals surface area contributed by atoms with E-state index < -0.39 is 12.0 Å². The van der Waals surface area contributed by atoms with Crippen LogP contribution < -0.4 is 10.1 Å². The van der Waals surface area contributed by atoms with Crippen LogP contribution in [0.4, 0.5) is 0 Å². The number of aliphatic hydroxyl groups excluding tert-OH is 1. The van der Waals surface area contributed by atoms with Gasteiger partial charge in [-0.1, -0.05) is 29.8 Å². The predicted molar refractivity (Wildman–Crippen MR) is 90.5 cm³/mol. The molecular weight excluding hydrogens is 330 g/mol. The van der Waals surface area contributed by atoms with Gasteiger partial charge in [-0.15, -0.1) is 0 Å². The van der Waals surface area contributed by atoms with Crippen molar-refractivity contribution in [1.29, 1.82) is 0 Å². The second kappa shape index (κ2) is 6.90. The molecular formula is C17H16ClN3O3. The normalized spacial score (nSPS) is 12.1. The molecule has 124 valence electrons. The lowest BCUT2D eigenvalue weighted by molar-refractivity contribution is 0.0910. The first-order chi connectivity index (χ1) is 11.6. The molecule has 2 aromatic heterocycles. The Bertz CT molecular complexity index is 861. The molecule has 1 unspecified atom stereocenters. The molecule has 2 heterocycles. The summed E-state index contributed by atoms with van der Waals surface area (Å²) in [7, 11) is 1.57. The molecule has 0 spiro atoms. The lowest BCUT2D eigenvalue weighted by atomic mass is 10.1. The van der Waals surface area contributed by atoms with Crippen LogP contribution in [-0.2, 0) is 0 Å². The van der Waals surface area contributed by atoms with E-state index in [1.165, 1.54) is 0 Å². The number of hydrogen-bond donors (Lipinski definition) is 2. The number of carbonyl (C=O) groups is 1. The van der Waals surface area contributed by atoms with Crippen LogP contribution in [0, 0.1) is 0 Å². The number of aliphatic hydroxyl groups is 1. The Morgan fingerprint density at radius 1 is 1.33 bits per heavy atom. The molecule has 3 rings (SSSR count). The zero-order valence-electron chi connectivity index (χ0n) is 12.9. The fourth-order valence-electron chi connectivity index (χ4n) is 2.39. The third kappa shape index (κ3) is 3.20. The number of hydrogen-bond acceptors (Lipinski definition) is 4. The highest BCUT2D eigenvalue weighted by atomic mass is 35.5. The summed E-state index contributed by atoms with van der Waals surface area (Å²) in [6.07, 6.45) is 0.876. The average molecular weight is 346 g/mol. The number of benzene rings is 1. The number of nitrogens with zero attached hydrogens (tertiary/aromatic N) is 2. The number of rotatable bonds is 5. The molecule has 6 nitrogen and oxygen atoms in total. The molecule has 3 aromatic rings. The molecule has 1 aromatic carbocycles. The van der Waals surface area contributed by atoms with Gasteiger partial charge in [0.05, 0.1) is 13.2 Å². The van der Waals surface area contributed by atoms with E-state index in [2.05, 4.69) is 10.3 Å². The quantitative estimate of drug-likeness (QED) is 0.744. The number of ether oxygens (including phenoxy) is 1. The number of fused-ring (bicyclic) bond motifs is 1. The summed E-state index contributed by atoms with van der Waals surface area (Å²) >= 11 is 6.06. The molecule has 0 radical (unpaired) electrons. The third-order valence-corrected chi connectivity index (χ3v) is 3.92. The van der Waals surface area contributed by atoms with Gasteiger partial charge in [0, 0.05) is 12.7 Å². The number of aromatic nitrogens is 2. The molecule has 24 heavy (non-hydrogen) atoms. The highest BCUT2D eigenvalue weighted by molar-refractivity contribution is 6.32. The van der Waals surface area contributed by atoms with Crippen LogP contribution in [0.15, 0.2) is 48.7 Å².